The number of nitrogens with one attached hydrogen (secondary N) is 1. The van der Waals surface area contributed by atoms with E-state index in [2.05, 4.69) is 30.1 Å². The normalized spacial score (nSPS) is 13.0. The lowest BCUT2D eigenvalue weighted by molar-refractivity contribution is -0.142. The Morgan fingerprint density at radius 3 is 2.15 bits per heavy atom. The number of carboxylic acid groups (broad SMARTS) is 1. The molecule has 0 fully saturated rings. The molecule has 26 heavy (non-hydrogen) atoms. The second kappa shape index (κ2) is 10.7. The zero-order chi connectivity index (χ0) is 18.8. The van der Waals surface area contributed by atoms with Crippen molar-refractivity contribution in [2.75, 3.05) is 5.75 Å². The first-order valence-corrected chi connectivity index (χ1v) is 9.48. The van der Waals surface area contributed by atoms with Crippen LogP contribution in [0.1, 0.15) is 36.4 Å². The van der Waals surface area contributed by atoms with Crippen molar-refractivity contribution in [3.8, 4) is 0 Å². The Morgan fingerprint density at radius 2 is 1.58 bits per heavy atom. The van der Waals surface area contributed by atoms with Crippen LogP contribution >= 0.6 is 12.6 Å². The molecule has 0 heterocycles. The Balaban J connectivity index is 1.85. The van der Waals surface area contributed by atoms with Gasteiger partial charge in [0.1, 0.15) is 0 Å². The molecule has 2 rings (SSSR count). The molecule has 138 valence electrons. The highest BCUT2D eigenvalue weighted by Crippen LogP contribution is 2.17. The highest BCUT2D eigenvalue weighted by Gasteiger charge is 2.25. The van der Waals surface area contributed by atoms with Crippen LogP contribution in [0.2, 0.25) is 0 Å². The third-order valence-electron chi connectivity index (χ3n) is 4.37. The average molecular weight is 372 g/mol. The smallest absolute Gasteiger partial charge is 0.330 e. The van der Waals surface area contributed by atoms with Gasteiger partial charge in [-0.05, 0) is 30.4 Å². The highest BCUT2D eigenvalue weighted by atomic mass is 32.1. The number of carbonyl (C=O) groups excluding carboxylic acids is 1. The van der Waals surface area contributed by atoms with Crippen LogP contribution in [0.5, 0.6) is 0 Å². The molecule has 0 aromatic heterocycles. The van der Waals surface area contributed by atoms with Crippen LogP contribution < -0.4 is 5.32 Å². The first kappa shape index (κ1) is 20.0. The molecule has 0 spiro atoms. The Morgan fingerprint density at radius 1 is 0.962 bits per heavy atom. The topological polar surface area (TPSA) is 66.4 Å². The van der Waals surface area contributed by atoms with Crippen molar-refractivity contribution in [2.45, 2.75) is 31.7 Å². The lowest BCUT2D eigenvalue weighted by Crippen LogP contribution is -2.38. The fourth-order valence-electron chi connectivity index (χ4n) is 2.86. The number of hydrogen-bond acceptors (Lipinski definition) is 3. The number of thiol groups is 1. The third-order valence-corrected chi connectivity index (χ3v) is 4.81. The van der Waals surface area contributed by atoms with Crippen LogP contribution in [0.25, 0.3) is 0 Å². The first-order chi connectivity index (χ1) is 12.6. The fraction of sp³-hybridized carbons (Fsp3) is 0.333. The minimum atomic E-state index is -1.06. The van der Waals surface area contributed by atoms with E-state index >= 15 is 0 Å². The predicted molar refractivity (Wildman–Crippen MR) is 106 cm³/mol. The van der Waals surface area contributed by atoms with Crippen molar-refractivity contribution < 1.29 is 14.7 Å². The fourth-order valence-corrected chi connectivity index (χ4v) is 3.21. The molecule has 2 aromatic carbocycles. The van der Waals surface area contributed by atoms with Gasteiger partial charge >= 0.3 is 5.97 Å². The summed E-state index contributed by atoms with van der Waals surface area (Å²) in [5.41, 5.74) is 1.85. The standard InChI is InChI=1S/C21H25NO3S/c23-20(22-19(21(24)25)17-12-5-2-6-13-17)18(15-26)14-8-7-11-16-9-3-1-4-10-16/h1-6,9-10,12-13,18-19,26H,7-8,11,14-15H2,(H,22,23)(H,24,25)/t18?,19-/m1/s1. The summed E-state index contributed by atoms with van der Waals surface area (Å²) in [7, 11) is 0. The van der Waals surface area contributed by atoms with Crippen molar-refractivity contribution in [1.82, 2.24) is 5.32 Å². The molecule has 0 aliphatic carbocycles. The molecule has 0 saturated heterocycles. The summed E-state index contributed by atoms with van der Waals surface area (Å²) in [6.45, 7) is 0. The van der Waals surface area contributed by atoms with E-state index in [1.165, 1.54) is 5.56 Å². The number of amides is 1. The van der Waals surface area contributed by atoms with Crippen LogP contribution in [0.4, 0.5) is 0 Å². The number of carboxylic acids is 1. The van der Waals surface area contributed by atoms with E-state index in [1.807, 2.05) is 24.3 Å². The summed E-state index contributed by atoms with van der Waals surface area (Å²) in [4.78, 5) is 24.0. The van der Waals surface area contributed by atoms with Crippen molar-refractivity contribution in [3.63, 3.8) is 0 Å². The van der Waals surface area contributed by atoms with E-state index in [1.54, 1.807) is 24.3 Å². The van der Waals surface area contributed by atoms with Crippen molar-refractivity contribution >= 4 is 24.5 Å². The lowest BCUT2D eigenvalue weighted by atomic mass is 9.99. The average Bonchev–Trinajstić information content (AvgIpc) is 2.67. The van der Waals surface area contributed by atoms with Crippen molar-refractivity contribution in [3.05, 3.63) is 71.8 Å². The maximum absolute atomic E-state index is 12.5. The van der Waals surface area contributed by atoms with Gasteiger partial charge in [-0.25, -0.2) is 4.79 Å². The quantitative estimate of drug-likeness (QED) is 0.438. The predicted octanol–water partition coefficient (Wildman–Crippen LogP) is 3.89. The zero-order valence-corrected chi connectivity index (χ0v) is 15.6. The largest absolute Gasteiger partial charge is 0.479 e. The summed E-state index contributed by atoms with van der Waals surface area (Å²) in [5.74, 6) is -1.21. The summed E-state index contributed by atoms with van der Waals surface area (Å²) >= 11 is 4.28. The molecular weight excluding hydrogens is 346 g/mol. The molecule has 0 aliphatic rings. The molecule has 2 N–H and O–H groups in total. The van der Waals surface area contributed by atoms with E-state index in [4.69, 9.17) is 0 Å². The molecule has 2 aromatic rings. The second-order valence-electron chi connectivity index (χ2n) is 6.30. The van der Waals surface area contributed by atoms with Crippen LogP contribution in [0, 0.1) is 5.92 Å². The molecule has 1 amide bonds. The maximum Gasteiger partial charge on any atom is 0.330 e. The van der Waals surface area contributed by atoms with E-state index in [0.29, 0.717) is 17.7 Å². The van der Waals surface area contributed by atoms with E-state index in [9.17, 15) is 14.7 Å². The van der Waals surface area contributed by atoms with Gasteiger partial charge in [0.25, 0.3) is 0 Å². The molecule has 1 unspecified atom stereocenters. The van der Waals surface area contributed by atoms with Crippen molar-refractivity contribution in [1.29, 1.82) is 0 Å². The van der Waals surface area contributed by atoms with Gasteiger partial charge in [0, 0.05) is 11.7 Å². The minimum Gasteiger partial charge on any atom is -0.479 e. The van der Waals surface area contributed by atoms with E-state index < -0.39 is 12.0 Å². The van der Waals surface area contributed by atoms with Gasteiger partial charge in [-0.3, -0.25) is 4.79 Å². The Kier molecular flexibility index (Phi) is 8.22. The molecule has 0 saturated carbocycles. The van der Waals surface area contributed by atoms with Gasteiger partial charge in [-0.15, -0.1) is 0 Å². The molecule has 0 aliphatic heterocycles. The molecule has 5 heteroatoms. The maximum atomic E-state index is 12.5. The van der Waals surface area contributed by atoms with E-state index in [0.717, 1.165) is 19.3 Å². The number of aliphatic carboxylic acids is 1. The van der Waals surface area contributed by atoms with Gasteiger partial charge in [-0.1, -0.05) is 67.1 Å². The van der Waals surface area contributed by atoms with Crippen LogP contribution in [-0.2, 0) is 16.0 Å². The van der Waals surface area contributed by atoms with Crippen LogP contribution in [0.15, 0.2) is 60.7 Å². The molecule has 4 nitrogen and oxygen atoms in total. The van der Waals surface area contributed by atoms with Gasteiger partial charge in [0.05, 0.1) is 0 Å². The lowest BCUT2D eigenvalue weighted by Gasteiger charge is -2.19. The first-order valence-electron chi connectivity index (χ1n) is 8.84. The monoisotopic (exact) mass is 371 g/mol. The summed E-state index contributed by atoms with van der Waals surface area (Å²) in [6, 6.07) is 17.9. The number of hydrogen-bond donors (Lipinski definition) is 3. The SMILES string of the molecule is O=C(N[C@@H](C(=O)O)c1ccccc1)C(CS)CCCCc1ccccc1. The molecule has 0 radical (unpaired) electrons. The van der Waals surface area contributed by atoms with E-state index in [-0.39, 0.29) is 11.8 Å². The Labute approximate surface area is 160 Å². The Bertz CT molecular complexity index is 691. The molecule has 0 bridgehead atoms. The molecule has 2 atom stereocenters. The number of carbonyl (C=O) groups is 2. The van der Waals surface area contributed by atoms with Gasteiger partial charge < -0.3 is 10.4 Å². The minimum absolute atomic E-state index is 0.254. The second-order valence-corrected chi connectivity index (χ2v) is 6.67. The number of benzene rings is 2. The van der Waals surface area contributed by atoms with Gasteiger partial charge in [0.2, 0.25) is 5.91 Å². The van der Waals surface area contributed by atoms with Gasteiger partial charge in [0.15, 0.2) is 6.04 Å². The summed E-state index contributed by atoms with van der Waals surface area (Å²) < 4.78 is 0. The number of unbranched alkanes of at least 4 members (excludes halogenated alkanes) is 1. The number of aryl methyl sites for hydroxylation is 1. The van der Waals surface area contributed by atoms with Crippen molar-refractivity contribution in [2.24, 2.45) is 5.92 Å². The summed E-state index contributed by atoms with van der Waals surface area (Å²) in [5, 5.41) is 12.1. The van der Waals surface area contributed by atoms with Crippen LogP contribution in [0.3, 0.4) is 0 Å². The third kappa shape index (κ3) is 6.23. The zero-order valence-electron chi connectivity index (χ0n) is 14.7. The van der Waals surface area contributed by atoms with Crippen LogP contribution in [-0.4, -0.2) is 22.7 Å². The van der Waals surface area contributed by atoms with Gasteiger partial charge in [-0.2, -0.15) is 12.6 Å². The summed E-state index contributed by atoms with van der Waals surface area (Å²) in [6.07, 6.45) is 3.56. The number of rotatable bonds is 10. The highest BCUT2D eigenvalue weighted by molar-refractivity contribution is 7.80. The molecular formula is C21H25NO3S. The Hall–Kier alpha value is -2.27.